The maximum absolute atomic E-state index is 9.19. The minimum absolute atomic E-state index is 0. The van der Waals surface area contributed by atoms with Crippen LogP contribution in [0.25, 0.3) is 0 Å². The Morgan fingerprint density at radius 1 is 0.889 bits per heavy atom. The molecule has 9 heavy (non-hydrogen) atoms. The summed E-state index contributed by atoms with van der Waals surface area (Å²) >= 11 is -2.22. The van der Waals surface area contributed by atoms with Gasteiger partial charge in [0.05, 0.1) is 0 Å². The van der Waals surface area contributed by atoms with Crippen LogP contribution < -0.4 is 0 Å². The van der Waals surface area contributed by atoms with Gasteiger partial charge in [0.25, 0.3) is 0 Å². The summed E-state index contributed by atoms with van der Waals surface area (Å²) in [7, 11) is 0. The molecule has 0 aliphatic rings. The monoisotopic (exact) mass is 310 g/mol. The summed E-state index contributed by atoms with van der Waals surface area (Å²) in [5.41, 5.74) is 0. The minimum atomic E-state index is -1.11. The zero-order valence-electron chi connectivity index (χ0n) is 3.46. The Hall–Kier alpha value is 1.58. The van der Waals surface area contributed by atoms with E-state index in [1.807, 2.05) is 0 Å². The molecule has 0 heterocycles. The first-order chi connectivity index (χ1) is 2.41. The van der Waals surface area contributed by atoms with Crippen molar-refractivity contribution in [1.29, 1.82) is 0 Å². The third kappa shape index (κ3) is 42.9. The number of hydrogen-bond donors (Lipinski definition) is 0. The summed E-state index contributed by atoms with van der Waals surface area (Å²) < 4.78 is 22.2. The predicted octanol–water partition coefficient (Wildman–Crippen LogP) is -0.554. The van der Waals surface area contributed by atoms with Crippen molar-refractivity contribution in [2.24, 2.45) is 0 Å². The number of hydrogen-bond acceptors (Lipinski definition) is 3. The average molecular weight is 311 g/mol. The fourth-order valence-corrected chi connectivity index (χ4v) is 0.193. The molecule has 5 nitrogen and oxygen atoms in total. The number of rotatable bonds is 2. The van der Waals surface area contributed by atoms with Crippen LogP contribution in [0, 0.1) is 0 Å². The summed E-state index contributed by atoms with van der Waals surface area (Å²) in [5.74, 6) is 0. The maximum atomic E-state index is 9.19. The van der Waals surface area contributed by atoms with E-state index in [0.29, 0.717) is 0 Å². The van der Waals surface area contributed by atoms with Gasteiger partial charge in [-0.3, -0.25) is 0 Å². The fraction of sp³-hybridized carbons (Fsp3) is 0. The van der Waals surface area contributed by atoms with Gasteiger partial charge in [-0.1, -0.05) is 0 Å². The molecule has 2 radical (unpaired) electrons. The Kier molecular flexibility index (Phi) is 116. The second-order valence-corrected chi connectivity index (χ2v) is 1.72. The molecule has 0 aromatic rings. The second kappa shape index (κ2) is 33.6. The van der Waals surface area contributed by atoms with Gasteiger partial charge in [0, 0.05) is 0 Å². The van der Waals surface area contributed by atoms with Gasteiger partial charge < -0.3 is 11.0 Å². The first kappa shape index (κ1) is 31.2. The van der Waals surface area contributed by atoms with Gasteiger partial charge >= 0.3 is 75.6 Å². The van der Waals surface area contributed by atoms with Crippen molar-refractivity contribution in [3.05, 3.63) is 0 Å². The summed E-state index contributed by atoms with van der Waals surface area (Å²) in [6, 6.07) is 0. The molecule has 0 rings (SSSR count). The summed E-state index contributed by atoms with van der Waals surface area (Å²) in [6.07, 6.45) is 0. The molecule has 64 valence electrons. The van der Waals surface area contributed by atoms with Gasteiger partial charge in [0.15, 0.2) is 0 Å². The average Bonchev–Trinajstić information content (AvgIpc) is 1.41. The van der Waals surface area contributed by atoms with E-state index in [-0.39, 0.29) is 45.1 Å². The van der Waals surface area contributed by atoms with Crippen LogP contribution in [0.3, 0.4) is 0 Å². The molecule has 0 aromatic carbocycles. The van der Waals surface area contributed by atoms with E-state index in [0.717, 1.165) is 0 Å². The molecule has 0 aliphatic carbocycles. The Bertz CT molecular complexity index is 42.2. The molecule has 0 saturated carbocycles. The Labute approximate surface area is 86.0 Å². The van der Waals surface area contributed by atoms with Crippen LogP contribution in [0.2, 0.25) is 0 Å². The molecule has 0 amide bonds. The zero-order valence-corrected chi connectivity index (χ0v) is 7.89. The first-order valence-electron chi connectivity index (χ1n) is 0.667. The molecule has 0 bridgehead atoms. The van der Waals surface area contributed by atoms with Crippen LogP contribution in [0.15, 0.2) is 0 Å². The quantitative estimate of drug-likeness (QED) is 0.639. The van der Waals surface area contributed by atoms with E-state index in [2.05, 4.69) is 2.84 Å². The topological polar surface area (TPSA) is 100 Å². The molecule has 0 fully saturated rings. The van der Waals surface area contributed by atoms with Crippen molar-refractivity contribution in [1.82, 2.24) is 0 Å². The Morgan fingerprint density at radius 3 is 1.11 bits per heavy atom. The van der Waals surface area contributed by atoms with Crippen LogP contribution in [0.1, 0.15) is 0 Å². The van der Waals surface area contributed by atoms with Crippen LogP contribution in [0.4, 0.5) is 0 Å². The van der Waals surface area contributed by atoms with Gasteiger partial charge in [0.2, 0.25) is 0 Å². The SMILES string of the molecule is [Cu+2].[Cu+2].[O-2].[O-2].[O]=[Cr][O][Cr]=[O]. The summed E-state index contributed by atoms with van der Waals surface area (Å²) in [6.45, 7) is 0. The molecule has 0 spiro atoms. The molecule has 0 N–H and O–H groups in total. The van der Waals surface area contributed by atoms with Gasteiger partial charge in [-0.25, -0.2) is 0 Å². The van der Waals surface area contributed by atoms with Crippen LogP contribution in [-0.4, -0.2) is 0 Å². The zero-order chi connectivity index (χ0) is 4.12. The molecule has 0 saturated heterocycles. The van der Waals surface area contributed by atoms with E-state index < -0.39 is 31.0 Å². The van der Waals surface area contributed by atoms with E-state index >= 15 is 0 Å². The van der Waals surface area contributed by atoms with Crippen LogP contribution in [-0.2, 0) is 86.5 Å². The van der Waals surface area contributed by atoms with E-state index in [1.165, 1.54) is 0 Å². The second-order valence-electron chi connectivity index (χ2n) is 0.204. The van der Waals surface area contributed by atoms with Gasteiger partial charge in [-0.15, -0.1) is 0 Å². The molecule has 0 atom stereocenters. The molecular weight excluding hydrogens is 311 g/mol. The van der Waals surface area contributed by atoms with Gasteiger partial charge in [-0.2, -0.15) is 0 Å². The molecule has 0 aliphatic heterocycles. The van der Waals surface area contributed by atoms with Crippen molar-refractivity contribution in [2.75, 3.05) is 0 Å². The van der Waals surface area contributed by atoms with Crippen LogP contribution >= 0.6 is 0 Å². The van der Waals surface area contributed by atoms with Crippen molar-refractivity contribution in [3.63, 3.8) is 0 Å². The molecule has 0 aromatic heterocycles. The Balaban J connectivity index is -0.0000000133. The van der Waals surface area contributed by atoms with Gasteiger partial charge in [0.1, 0.15) is 0 Å². The van der Waals surface area contributed by atoms with Crippen molar-refractivity contribution < 1.29 is 86.5 Å². The summed E-state index contributed by atoms with van der Waals surface area (Å²) in [4.78, 5) is 0. The predicted molar refractivity (Wildman–Crippen MR) is 3.83 cm³/mol. The standard InChI is InChI=1S/2Cr.2Cu.5O/q;;2*+2;;;;2*-2. The first-order valence-corrected chi connectivity index (χ1v) is 2.75. The van der Waals surface area contributed by atoms with Crippen molar-refractivity contribution in [3.8, 4) is 0 Å². The molecular formula is Cr2Cu2O5. The van der Waals surface area contributed by atoms with Gasteiger partial charge in [-0.05, 0) is 0 Å². The Morgan fingerprint density at radius 2 is 1.11 bits per heavy atom. The van der Waals surface area contributed by atoms with Crippen molar-refractivity contribution >= 4 is 0 Å². The third-order valence-electron chi connectivity index (χ3n) is 0.0556. The fourth-order valence-electron chi connectivity index (χ4n) is 0.0113. The molecule has 0 unspecified atom stereocenters. The summed E-state index contributed by atoms with van der Waals surface area (Å²) in [5, 5.41) is 0. The van der Waals surface area contributed by atoms with E-state index in [4.69, 9.17) is 0 Å². The normalized spacial score (nSPS) is 3.56. The molecule has 9 heteroatoms. The van der Waals surface area contributed by atoms with E-state index in [9.17, 15) is 7.61 Å². The van der Waals surface area contributed by atoms with E-state index in [1.54, 1.807) is 0 Å². The van der Waals surface area contributed by atoms with Crippen LogP contribution in [0.5, 0.6) is 0 Å². The van der Waals surface area contributed by atoms with Crippen molar-refractivity contribution in [2.45, 2.75) is 0 Å². The third-order valence-corrected chi connectivity index (χ3v) is 0.944.